The average molecular weight is 267 g/mol. The lowest BCUT2D eigenvalue weighted by Crippen LogP contribution is -2.46. The largest absolute Gasteiger partial charge is 0.478 e. The second kappa shape index (κ2) is 5.97. The molecule has 0 unspecified atom stereocenters. The van der Waals surface area contributed by atoms with Gasteiger partial charge in [0.15, 0.2) is 5.13 Å². The third-order valence-electron chi connectivity index (χ3n) is 3.06. The maximum Gasteiger partial charge on any atom is 0.330 e. The second-order valence-electron chi connectivity index (χ2n) is 4.29. The second-order valence-corrected chi connectivity index (χ2v) is 5.17. The van der Waals surface area contributed by atoms with Crippen molar-refractivity contribution in [2.75, 3.05) is 37.6 Å². The van der Waals surface area contributed by atoms with Gasteiger partial charge in [0, 0.05) is 49.9 Å². The van der Waals surface area contributed by atoms with Gasteiger partial charge in [-0.1, -0.05) is 6.08 Å². The Kier molecular flexibility index (Phi) is 4.33. The molecule has 0 radical (unpaired) electrons. The molecule has 2 heterocycles. The zero-order chi connectivity index (χ0) is 13.0. The van der Waals surface area contributed by atoms with Gasteiger partial charge >= 0.3 is 5.97 Å². The molecule has 1 saturated heterocycles. The van der Waals surface area contributed by atoms with Crippen molar-refractivity contribution in [3.8, 4) is 0 Å². The van der Waals surface area contributed by atoms with E-state index in [0.717, 1.165) is 31.3 Å². The van der Waals surface area contributed by atoms with Gasteiger partial charge in [-0.15, -0.1) is 11.3 Å². The molecule has 0 spiro atoms. The number of anilines is 1. The number of carbonyl (C=O) groups is 1. The third kappa shape index (κ3) is 3.30. The lowest BCUT2D eigenvalue weighted by Gasteiger charge is -2.33. The highest BCUT2D eigenvalue weighted by Gasteiger charge is 2.17. The number of carboxylic acids is 1. The van der Waals surface area contributed by atoms with Gasteiger partial charge in [-0.3, -0.25) is 4.90 Å². The van der Waals surface area contributed by atoms with Crippen LogP contribution in [0.5, 0.6) is 0 Å². The van der Waals surface area contributed by atoms with Crippen LogP contribution in [0.1, 0.15) is 6.92 Å². The normalized spacial score (nSPS) is 18.1. The average Bonchev–Trinajstić information content (AvgIpc) is 2.90. The van der Waals surface area contributed by atoms with Gasteiger partial charge < -0.3 is 10.0 Å². The van der Waals surface area contributed by atoms with Gasteiger partial charge in [-0.25, -0.2) is 9.78 Å². The number of aromatic nitrogens is 1. The number of piperazine rings is 1. The Morgan fingerprint density at radius 2 is 2.22 bits per heavy atom. The van der Waals surface area contributed by atoms with E-state index >= 15 is 0 Å². The fourth-order valence-electron chi connectivity index (χ4n) is 1.85. The molecule has 0 aromatic carbocycles. The van der Waals surface area contributed by atoms with E-state index in [4.69, 9.17) is 5.11 Å². The van der Waals surface area contributed by atoms with Gasteiger partial charge in [0.05, 0.1) is 0 Å². The van der Waals surface area contributed by atoms with E-state index in [1.807, 2.05) is 11.6 Å². The molecule has 1 N–H and O–H groups in total. The van der Waals surface area contributed by atoms with Crippen molar-refractivity contribution in [1.82, 2.24) is 9.88 Å². The molecule has 0 bridgehead atoms. The maximum atomic E-state index is 10.7. The first-order chi connectivity index (χ1) is 8.66. The summed E-state index contributed by atoms with van der Waals surface area (Å²) < 4.78 is 0. The summed E-state index contributed by atoms with van der Waals surface area (Å²) in [7, 11) is 0. The van der Waals surface area contributed by atoms with E-state index < -0.39 is 5.97 Å². The molecule has 6 heteroatoms. The molecule has 0 atom stereocenters. The predicted octanol–water partition coefficient (Wildman–Crippen LogP) is 1.30. The molecule has 5 nitrogen and oxygen atoms in total. The molecule has 18 heavy (non-hydrogen) atoms. The molecule has 1 aromatic rings. The Labute approximate surface area is 110 Å². The van der Waals surface area contributed by atoms with E-state index in [-0.39, 0.29) is 0 Å². The van der Waals surface area contributed by atoms with E-state index in [2.05, 4.69) is 14.8 Å². The van der Waals surface area contributed by atoms with E-state index in [1.165, 1.54) is 0 Å². The highest BCUT2D eigenvalue weighted by molar-refractivity contribution is 7.13. The zero-order valence-electron chi connectivity index (χ0n) is 10.4. The topological polar surface area (TPSA) is 56.7 Å². The van der Waals surface area contributed by atoms with Crippen molar-refractivity contribution in [3.63, 3.8) is 0 Å². The monoisotopic (exact) mass is 267 g/mol. The number of thiazole rings is 1. The van der Waals surface area contributed by atoms with Crippen LogP contribution in [0.4, 0.5) is 5.13 Å². The summed E-state index contributed by atoms with van der Waals surface area (Å²) in [6.07, 6.45) is 3.60. The molecular weight excluding hydrogens is 250 g/mol. The molecule has 1 fully saturated rings. The minimum atomic E-state index is -0.837. The number of aliphatic carboxylic acids is 1. The maximum absolute atomic E-state index is 10.7. The van der Waals surface area contributed by atoms with Gasteiger partial charge in [-0.2, -0.15) is 0 Å². The third-order valence-corrected chi connectivity index (χ3v) is 3.89. The van der Waals surface area contributed by atoms with Crippen LogP contribution in [0.15, 0.2) is 23.2 Å². The molecule has 0 amide bonds. The fourth-order valence-corrected chi connectivity index (χ4v) is 2.54. The summed E-state index contributed by atoms with van der Waals surface area (Å²) in [4.78, 5) is 19.5. The van der Waals surface area contributed by atoms with Crippen LogP contribution in [0.3, 0.4) is 0 Å². The molecule has 0 aliphatic carbocycles. The summed E-state index contributed by atoms with van der Waals surface area (Å²) in [6.45, 7) is 6.14. The summed E-state index contributed by atoms with van der Waals surface area (Å²) in [5, 5.41) is 11.8. The van der Waals surface area contributed by atoms with Gasteiger partial charge in [0.2, 0.25) is 0 Å². The standard InChI is InChI=1S/C12H17N3O2S/c1-10(11(16)17)2-4-14-5-7-15(8-6-14)12-13-3-9-18-12/h2-3,9H,4-8H2,1H3,(H,16,17). The van der Waals surface area contributed by atoms with Crippen molar-refractivity contribution in [1.29, 1.82) is 0 Å². The zero-order valence-corrected chi connectivity index (χ0v) is 11.2. The number of hydrogen-bond acceptors (Lipinski definition) is 5. The molecule has 1 aliphatic rings. The molecule has 0 saturated carbocycles. The van der Waals surface area contributed by atoms with Crippen LogP contribution in [0.2, 0.25) is 0 Å². The Morgan fingerprint density at radius 1 is 1.50 bits per heavy atom. The van der Waals surface area contributed by atoms with Crippen molar-refractivity contribution in [3.05, 3.63) is 23.2 Å². The van der Waals surface area contributed by atoms with E-state index in [1.54, 1.807) is 24.3 Å². The number of carboxylic acid groups (broad SMARTS) is 1. The Balaban J connectivity index is 1.80. The minimum absolute atomic E-state index is 0.414. The molecule has 2 rings (SSSR count). The van der Waals surface area contributed by atoms with Crippen molar-refractivity contribution in [2.24, 2.45) is 0 Å². The van der Waals surface area contributed by atoms with Crippen LogP contribution >= 0.6 is 11.3 Å². The van der Waals surface area contributed by atoms with Crippen LogP contribution in [0, 0.1) is 0 Å². The summed E-state index contributed by atoms with van der Waals surface area (Å²) >= 11 is 1.66. The first-order valence-corrected chi connectivity index (χ1v) is 6.81. The highest BCUT2D eigenvalue weighted by atomic mass is 32.1. The summed E-state index contributed by atoms with van der Waals surface area (Å²) in [6, 6.07) is 0. The number of rotatable bonds is 4. The van der Waals surface area contributed by atoms with Crippen molar-refractivity contribution >= 4 is 22.4 Å². The Bertz CT molecular complexity index is 423. The molecule has 98 valence electrons. The van der Waals surface area contributed by atoms with Crippen LogP contribution in [0.25, 0.3) is 0 Å². The first-order valence-electron chi connectivity index (χ1n) is 5.93. The van der Waals surface area contributed by atoms with Crippen LogP contribution in [-0.2, 0) is 4.79 Å². The molecular formula is C12H17N3O2S. The highest BCUT2D eigenvalue weighted by Crippen LogP contribution is 2.18. The Hall–Kier alpha value is -1.40. The summed E-state index contributed by atoms with van der Waals surface area (Å²) in [5.74, 6) is -0.837. The Morgan fingerprint density at radius 3 is 2.78 bits per heavy atom. The van der Waals surface area contributed by atoms with Gasteiger partial charge in [-0.05, 0) is 6.92 Å². The molecule has 1 aromatic heterocycles. The van der Waals surface area contributed by atoms with Crippen molar-refractivity contribution in [2.45, 2.75) is 6.92 Å². The first kappa shape index (κ1) is 13.0. The number of nitrogens with zero attached hydrogens (tertiary/aromatic N) is 3. The fraction of sp³-hybridized carbons (Fsp3) is 0.500. The van der Waals surface area contributed by atoms with Crippen molar-refractivity contribution < 1.29 is 9.90 Å². The smallest absolute Gasteiger partial charge is 0.330 e. The summed E-state index contributed by atoms with van der Waals surface area (Å²) in [5.41, 5.74) is 0.414. The minimum Gasteiger partial charge on any atom is -0.478 e. The molecule has 1 aliphatic heterocycles. The van der Waals surface area contributed by atoms with Gasteiger partial charge in [0.1, 0.15) is 0 Å². The number of hydrogen-bond donors (Lipinski definition) is 1. The van der Waals surface area contributed by atoms with E-state index in [9.17, 15) is 4.79 Å². The van der Waals surface area contributed by atoms with Gasteiger partial charge in [0.25, 0.3) is 0 Å². The van der Waals surface area contributed by atoms with E-state index in [0.29, 0.717) is 12.1 Å². The SMILES string of the molecule is CC(=CCN1CCN(c2nccs2)CC1)C(=O)O. The van der Waals surface area contributed by atoms with Crippen LogP contribution in [-0.4, -0.2) is 53.7 Å². The van der Waals surface area contributed by atoms with Crippen LogP contribution < -0.4 is 4.90 Å². The lowest BCUT2D eigenvalue weighted by molar-refractivity contribution is -0.132. The quantitative estimate of drug-likeness (QED) is 0.833. The predicted molar refractivity (Wildman–Crippen MR) is 72.2 cm³/mol. The lowest BCUT2D eigenvalue weighted by atomic mass is 10.2.